The van der Waals surface area contributed by atoms with Gasteiger partial charge in [0.25, 0.3) is 5.91 Å². The van der Waals surface area contributed by atoms with Gasteiger partial charge in [0, 0.05) is 17.7 Å². The number of rotatable bonds is 10. The Bertz CT molecular complexity index is 1100. The maximum atomic E-state index is 12.4. The first-order chi connectivity index (χ1) is 14.7. The van der Waals surface area contributed by atoms with Crippen molar-refractivity contribution >= 4 is 27.8 Å². The number of hydrogen-bond acceptors (Lipinski definition) is 9. The van der Waals surface area contributed by atoms with Gasteiger partial charge in [-0.05, 0) is 24.3 Å². The first kappa shape index (κ1) is 23.6. The molecule has 0 aliphatic heterocycles. The number of carbonyl (C=O) groups excluding carboxylic acids is 1. The topological polar surface area (TPSA) is 158 Å². The van der Waals surface area contributed by atoms with Crippen molar-refractivity contribution in [1.82, 2.24) is 10.1 Å². The van der Waals surface area contributed by atoms with Crippen molar-refractivity contribution in [2.24, 2.45) is 5.10 Å². The number of nitrogens with zero attached hydrogens (tertiary/aromatic N) is 2. The molecule has 0 spiro atoms. The number of benzene rings is 2. The third kappa shape index (κ3) is 6.13. The molecular weight excluding hydrogens is 432 g/mol. The lowest BCUT2D eigenvalue weighted by molar-refractivity contribution is -0.385. The minimum Gasteiger partial charge on any atom is -0.493 e. The predicted molar refractivity (Wildman–Crippen MR) is 110 cm³/mol. The molecule has 166 valence electrons. The average Bonchev–Trinajstić information content (AvgIpc) is 2.77. The minimum atomic E-state index is -4.00. The first-order valence-corrected chi connectivity index (χ1v) is 10.1. The summed E-state index contributed by atoms with van der Waals surface area (Å²) in [6.45, 7) is -0.587. The molecule has 13 heteroatoms. The van der Waals surface area contributed by atoms with Gasteiger partial charge < -0.3 is 14.2 Å². The lowest BCUT2D eigenvalue weighted by Crippen LogP contribution is -2.34. The van der Waals surface area contributed by atoms with Crippen molar-refractivity contribution in [2.45, 2.75) is 4.90 Å². The van der Waals surface area contributed by atoms with E-state index in [4.69, 9.17) is 14.2 Å². The van der Waals surface area contributed by atoms with Gasteiger partial charge in [0.05, 0.1) is 43.9 Å². The first-order valence-electron chi connectivity index (χ1n) is 8.58. The lowest BCUT2D eigenvalue weighted by atomic mass is 10.2. The molecule has 0 fully saturated rings. The zero-order chi connectivity index (χ0) is 23.0. The molecule has 31 heavy (non-hydrogen) atoms. The van der Waals surface area contributed by atoms with Gasteiger partial charge >= 0.3 is 5.69 Å². The Balaban J connectivity index is 1.99. The van der Waals surface area contributed by atoms with E-state index in [1.54, 1.807) is 0 Å². The molecule has 0 saturated carbocycles. The van der Waals surface area contributed by atoms with E-state index >= 15 is 0 Å². The van der Waals surface area contributed by atoms with Crippen LogP contribution < -0.4 is 24.4 Å². The fourth-order valence-electron chi connectivity index (χ4n) is 2.38. The van der Waals surface area contributed by atoms with Gasteiger partial charge in [-0.25, -0.2) is 18.6 Å². The van der Waals surface area contributed by atoms with E-state index in [0.29, 0.717) is 11.3 Å². The standard InChI is InChI=1S/C18H20N4O8S/c1-28-15-6-4-12(8-14(15)22(24)25)10-19-21-18(23)11-20-31(26,27)13-5-7-16(29-2)17(9-13)30-3/h4-10,20H,11H2,1-3H3,(H,21,23)/b19-10-. The van der Waals surface area contributed by atoms with Crippen LogP contribution in [-0.2, 0) is 14.8 Å². The number of hydrazone groups is 1. The smallest absolute Gasteiger partial charge is 0.311 e. The number of nitro groups is 1. The number of methoxy groups -OCH3 is 3. The summed E-state index contributed by atoms with van der Waals surface area (Å²) < 4.78 is 41.9. The zero-order valence-electron chi connectivity index (χ0n) is 16.8. The lowest BCUT2D eigenvalue weighted by Gasteiger charge is -2.10. The summed E-state index contributed by atoms with van der Waals surface area (Å²) in [6.07, 6.45) is 1.17. The molecule has 12 nitrogen and oxygen atoms in total. The van der Waals surface area contributed by atoms with E-state index in [1.165, 1.54) is 63.9 Å². The highest BCUT2D eigenvalue weighted by Gasteiger charge is 2.18. The number of sulfonamides is 1. The van der Waals surface area contributed by atoms with Crippen molar-refractivity contribution in [2.75, 3.05) is 27.9 Å². The van der Waals surface area contributed by atoms with Gasteiger partial charge in [-0.1, -0.05) is 0 Å². The number of ether oxygens (including phenoxy) is 3. The zero-order valence-corrected chi connectivity index (χ0v) is 17.6. The van der Waals surface area contributed by atoms with Crippen molar-refractivity contribution in [3.05, 3.63) is 52.1 Å². The fourth-order valence-corrected chi connectivity index (χ4v) is 3.37. The van der Waals surface area contributed by atoms with Crippen LogP contribution in [0.15, 0.2) is 46.4 Å². The van der Waals surface area contributed by atoms with E-state index < -0.39 is 27.4 Å². The third-order valence-electron chi connectivity index (χ3n) is 3.89. The molecule has 0 aliphatic carbocycles. The van der Waals surface area contributed by atoms with Crippen molar-refractivity contribution < 1.29 is 32.3 Å². The van der Waals surface area contributed by atoms with Crippen LogP contribution in [0.25, 0.3) is 0 Å². The van der Waals surface area contributed by atoms with Crippen molar-refractivity contribution in [1.29, 1.82) is 0 Å². The Morgan fingerprint density at radius 3 is 2.32 bits per heavy atom. The highest BCUT2D eigenvalue weighted by molar-refractivity contribution is 7.89. The van der Waals surface area contributed by atoms with Crippen LogP contribution in [0.4, 0.5) is 5.69 Å². The Morgan fingerprint density at radius 2 is 1.71 bits per heavy atom. The van der Waals surface area contributed by atoms with Gasteiger partial charge in [-0.3, -0.25) is 14.9 Å². The summed E-state index contributed by atoms with van der Waals surface area (Å²) in [4.78, 5) is 22.2. The number of carbonyl (C=O) groups is 1. The molecule has 2 aromatic carbocycles. The number of amides is 1. The molecule has 0 atom stereocenters. The molecule has 0 bridgehead atoms. The second kappa shape index (κ2) is 10.4. The van der Waals surface area contributed by atoms with E-state index in [2.05, 4.69) is 15.2 Å². The van der Waals surface area contributed by atoms with Crippen molar-refractivity contribution in [3.8, 4) is 17.2 Å². The fraction of sp³-hybridized carbons (Fsp3) is 0.222. The molecule has 1 amide bonds. The second-order valence-electron chi connectivity index (χ2n) is 5.82. The molecule has 0 saturated heterocycles. The van der Waals surface area contributed by atoms with Crippen LogP contribution in [0.3, 0.4) is 0 Å². The normalized spacial score (nSPS) is 11.2. The van der Waals surface area contributed by atoms with E-state index in [-0.39, 0.29) is 22.1 Å². The molecule has 0 aliphatic rings. The van der Waals surface area contributed by atoms with E-state index in [0.717, 1.165) is 0 Å². The van der Waals surface area contributed by atoms with Gasteiger partial charge in [0.15, 0.2) is 17.2 Å². The summed E-state index contributed by atoms with van der Waals surface area (Å²) in [5.41, 5.74) is 2.20. The number of hydrogen-bond donors (Lipinski definition) is 2. The van der Waals surface area contributed by atoms with Crippen LogP contribution in [0, 0.1) is 10.1 Å². The molecule has 0 heterocycles. The molecule has 2 aromatic rings. The highest BCUT2D eigenvalue weighted by Crippen LogP contribution is 2.29. The summed E-state index contributed by atoms with van der Waals surface area (Å²) in [6, 6.07) is 8.09. The largest absolute Gasteiger partial charge is 0.493 e. The van der Waals surface area contributed by atoms with Crippen LogP contribution in [0.5, 0.6) is 17.2 Å². The molecule has 0 radical (unpaired) electrons. The Labute approximate surface area is 178 Å². The minimum absolute atomic E-state index is 0.0794. The molecule has 0 aromatic heterocycles. The Hall–Kier alpha value is -3.71. The van der Waals surface area contributed by atoms with Gasteiger partial charge in [-0.15, -0.1) is 0 Å². The quantitative estimate of drug-likeness (QED) is 0.307. The Kier molecular flexibility index (Phi) is 7.88. The second-order valence-corrected chi connectivity index (χ2v) is 7.59. The van der Waals surface area contributed by atoms with Crippen LogP contribution in [-0.4, -0.2) is 53.3 Å². The Morgan fingerprint density at radius 1 is 1.06 bits per heavy atom. The maximum absolute atomic E-state index is 12.4. The van der Waals surface area contributed by atoms with Crippen LogP contribution >= 0.6 is 0 Å². The van der Waals surface area contributed by atoms with Gasteiger partial charge in [-0.2, -0.15) is 5.10 Å². The van der Waals surface area contributed by atoms with E-state index in [1.807, 2.05) is 0 Å². The van der Waals surface area contributed by atoms with Gasteiger partial charge in [0.2, 0.25) is 10.0 Å². The molecule has 2 rings (SSSR count). The SMILES string of the molecule is COc1ccc(S(=O)(=O)NCC(=O)N/N=C\c2ccc(OC)c([N+](=O)[O-])c2)cc1OC. The summed E-state index contributed by atoms with van der Waals surface area (Å²) in [7, 11) is 0.0865. The predicted octanol–water partition coefficient (Wildman–Crippen LogP) is 1.05. The third-order valence-corrected chi connectivity index (χ3v) is 5.29. The monoisotopic (exact) mass is 452 g/mol. The molecule has 2 N–H and O–H groups in total. The van der Waals surface area contributed by atoms with Crippen LogP contribution in [0.2, 0.25) is 0 Å². The van der Waals surface area contributed by atoms with Gasteiger partial charge in [0.1, 0.15) is 0 Å². The summed E-state index contributed by atoms with van der Waals surface area (Å²) in [5.74, 6) is -0.0978. The highest BCUT2D eigenvalue weighted by atomic mass is 32.2. The number of nitro benzene ring substituents is 1. The van der Waals surface area contributed by atoms with E-state index in [9.17, 15) is 23.3 Å². The molecule has 0 unspecified atom stereocenters. The maximum Gasteiger partial charge on any atom is 0.311 e. The van der Waals surface area contributed by atoms with Crippen LogP contribution in [0.1, 0.15) is 5.56 Å². The summed E-state index contributed by atoms with van der Waals surface area (Å²) >= 11 is 0. The average molecular weight is 452 g/mol. The number of nitrogens with one attached hydrogen (secondary N) is 2. The summed E-state index contributed by atoms with van der Waals surface area (Å²) in [5, 5.41) is 14.7. The molecular formula is C18H20N4O8S. The van der Waals surface area contributed by atoms with Crippen molar-refractivity contribution in [3.63, 3.8) is 0 Å².